The molecule has 0 rings (SSSR count). The molecule has 0 aliphatic heterocycles. The molecule has 1 N–H and O–H groups in total. The topological polar surface area (TPSA) is 20.2 Å². The summed E-state index contributed by atoms with van der Waals surface area (Å²) in [5, 5.41) is 10.2. The van der Waals surface area contributed by atoms with Gasteiger partial charge in [-0.3, -0.25) is 0 Å². The lowest BCUT2D eigenvalue weighted by atomic mass is 9.74. The summed E-state index contributed by atoms with van der Waals surface area (Å²) >= 11 is 0. The summed E-state index contributed by atoms with van der Waals surface area (Å²) in [5.41, 5.74) is 0.679. The summed E-state index contributed by atoms with van der Waals surface area (Å²) in [6.07, 6.45) is 4.43. The molecule has 0 bridgehead atoms. The first kappa shape index (κ1) is 17.0. The molecule has 0 heterocycles. The zero-order valence-corrected chi connectivity index (χ0v) is 13.4. The van der Waals surface area contributed by atoms with Crippen molar-refractivity contribution in [1.82, 2.24) is 0 Å². The lowest BCUT2D eigenvalue weighted by Gasteiger charge is -2.34. The third-order valence-electron chi connectivity index (χ3n) is 3.53. The van der Waals surface area contributed by atoms with Gasteiger partial charge in [0.1, 0.15) is 0 Å². The third-order valence-corrected chi connectivity index (χ3v) is 3.53. The molecule has 1 nitrogen and oxygen atoms in total. The van der Waals surface area contributed by atoms with Crippen LogP contribution >= 0.6 is 0 Å². The molecular weight excluding hydrogens is 208 g/mol. The first-order valence-electron chi connectivity index (χ1n) is 7.02. The Morgan fingerprint density at radius 1 is 0.824 bits per heavy atom. The van der Waals surface area contributed by atoms with E-state index in [2.05, 4.69) is 55.4 Å². The number of hydrogen-bond acceptors (Lipinski definition) is 1. The fraction of sp³-hybridized carbons (Fsp3) is 1.00. The second kappa shape index (κ2) is 5.73. The van der Waals surface area contributed by atoms with Gasteiger partial charge in [0.05, 0.1) is 6.10 Å². The summed E-state index contributed by atoms with van der Waals surface area (Å²) in [6, 6.07) is 0. The zero-order valence-electron chi connectivity index (χ0n) is 13.4. The molecule has 0 aromatic rings. The van der Waals surface area contributed by atoms with Crippen molar-refractivity contribution in [2.75, 3.05) is 0 Å². The lowest BCUT2D eigenvalue weighted by Crippen LogP contribution is -2.31. The summed E-state index contributed by atoms with van der Waals surface area (Å²) in [7, 11) is 0. The van der Waals surface area contributed by atoms with Crippen LogP contribution < -0.4 is 0 Å². The average molecular weight is 242 g/mol. The van der Waals surface area contributed by atoms with Gasteiger partial charge < -0.3 is 5.11 Å². The highest BCUT2D eigenvalue weighted by molar-refractivity contribution is 4.80. The maximum Gasteiger partial charge on any atom is 0.0593 e. The van der Waals surface area contributed by atoms with Gasteiger partial charge in [0, 0.05) is 0 Å². The summed E-state index contributed by atoms with van der Waals surface area (Å²) in [4.78, 5) is 0. The lowest BCUT2D eigenvalue weighted by molar-refractivity contribution is 0.0211. The number of aliphatic hydroxyl groups excluding tert-OH is 1. The van der Waals surface area contributed by atoms with Gasteiger partial charge >= 0.3 is 0 Å². The van der Waals surface area contributed by atoms with Gasteiger partial charge in [0.25, 0.3) is 0 Å². The van der Waals surface area contributed by atoms with Gasteiger partial charge in [-0.2, -0.15) is 0 Å². The van der Waals surface area contributed by atoms with Crippen LogP contribution in [0.3, 0.4) is 0 Å². The number of hydrogen-bond donors (Lipinski definition) is 1. The van der Waals surface area contributed by atoms with Crippen LogP contribution in [0.15, 0.2) is 0 Å². The minimum Gasteiger partial charge on any atom is -0.393 e. The van der Waals surface area contributed by atoms with Gasteiger partial charge in [-0.05, 0) is 35.5 Å². The molecule has 0 saturated carbocycles. The van der Waals surface area contributed by atoms with Crippen LogP contribution in [0, 0.1) is 16.2 Å². The fourth-order valence-corrected chi connectivity index (χ4v) is 2.03. The summed E-state index contributed by atoms with van der Waals surface area (Å²) < 4.78 is 0. The van der Waals surface area contributed by atoms with E-state index in [1.807, 2.05) is 0 Å². The van der Waals surface area contributed by atoms with E-state index in [-0.39, 0.29) is 16.9 Å². The predicted molar refractivity (Wildman–Crippen MR) is 77.2 cm³/mol. The third kappa shape index (κ3) is 8.65. The standard InChI is InChI=1S/C16H34O/c1-14(2,3)10-9-11-16(7,8)12-13(17)15(4,5)6/h13,17H,9-12H2,1-8H3. The Hall–Kier alpha value is -0.0400. The largest absolute Gasteiger partial charge is 0.393 e. The van der Waals surface area contributed by atoms with Crippen molar-refractivity contribution >= 4 is 0 Å². The maximum absolute atomic E-state index is 10.2. The van der Waals surface area contributed by atoms with Gasteiger partial charge in [-0.1, -0.05) is 61.8 Å². The van der Waals surface area contributed by atoms with Crippen LogP contribution in [0.5, 0.6) is 0 Å². The molecule has 0 fully saturated rings. The maximum atomic E-state index is 10.2. The van der Waals surface area contributed by atoms with Gasteiger partial charge in [-0.25, -0.2) is 0 Å². The second-order valence-electron chi connectivity index (χ2n) is 8.66. The fourth-order valence-electron chi connectivity index (χ4n) is 2.03. The molecule has 0 amide bonds. The summed E-state index contributed by atoms with van der Waals surface area (Å²) in [5.74, 6) is 0. The Bertz CT molecular complexity index is 215. The van der Waals surface area contributed by atoms with Crippen LogP contribution in [0.25, 0.3) is 0 Å². The van der Waals surface area contributed by atoms with E-state index in [9.17, 15) is 5.11 Å². The van der Waals surface area contributed by atoms with Crippen LogP contribution in [0.4, 0.5) is 0 Å². The molecule has 1 unspecified atom stereocenters. The molecule has 0 aliphatic carbocycles. The Balaban J connectivity index is 4.13. The van der Waals surface area contributed by atoms with Gasteiger partial charge in [0.15, 0.2) is 0 Å². The molecule has 104 valence electrons. The minimum absolute atomic E-state index is 0.00129. The van der Waals surface area contributed by atoms with E-state index in [0.717, 1.165) is 6.42 Å². The monoisotopic (exact) mass is 242 g/mol. The highest BCUT2D eigenvalue weighted by Crippen LogP contribution is 2.35. The molecule has 1 atom stereocenters. The SMILES string of the molecule is CC(C)(C)CCCC(C)(C)CC(O)C(C)(C)C. The highest BCUT2D eigenvalue weighted by Gasteiger charge is 2.29. The second-order valence-corrected chi connectivity index (χ2v) is 8.66. The molecule has 0 saturated heterocycles. The number of aliphatic hydroxyl groups is 1. The minimum atomic E-state index is -0.202. The smallest absolute Gasteiger partial charge is 0.0593 e. The Kier molecular flexibility index (Phi) is 5.72. The van der Waals surface area contributed by atoms with Crippen molar-refractivity contribution in [3.63, 3.8) is 0 Å². The van der Waals surface area contributed by atoms with Crippen molar-refractivity contribution in [2.45, 2.75) is 87.2 Å². The van der Waals surface area contributed by atoms with Crippen molar-refractivity contribution in [2.24, 2.45) is 16.2 Å². The quantitative estimate of drug-likeness (QED) is 0.717. The molecule has 0 aromatic heterocycles. The first-order chi connectivity index (χ1) is 7.33. The number of rotatable bonds is 5. The molecular formula is C16H34O. The van der Waals surface area contributed by atoms with Crippen molar-refractivity contribution in [1.29, 1.82) is 0 Å². The zero-order chi connectivity index (χ0) is 13.9. The normalized spacial score (nSPS) is 16.1. The van der Waals surface area contributed by atoms with Gasteiger partial charge in [-0.15, -0.1) is 0 Å². The molecule has 0 radical (unpaired) electrons. The highest BCUT2D eigenvalue weighted by atomic mass is 16.3. The molecule has 0 aromatic carbocycles. The molecule has 17 heavy (non-hydrogen) atoms. The Morgan fingerprint density at radius 3 is 1.65 bits per heavy atom. The van der Waals surface area contributed by atoms with E-state index in [0.29, 0.717) is 5.41 Å². The van der Waals surface area contributed by atoms with E-state index in [1.165, 1.54) is 19.3 Å². The summed E-state index contributed by atoms with van der Waals surface area (Å²) in [6.45, 7) is 17.8. The van der Waals surface area contributed by atoms with E-state index < -0.39 is 0 Å². The van der Waals surface area contributed by atoms with E-state index >= 15 is 0 Å². The Labute approximate surface area is 109 Å². The van der Waals surface area contributed by atoms with Crippen LogP contribution in [-0.2, 0) is 0 Å². The van der Waals surface area contributed by atoms with Crippen molar-refractivity contribution in [3.05, 3.63) is 0 Å². The molecule has 1 heteroatoms. The van der Waals surface area contributed by atoms with E-state index in [1.54, 1.807) is 0 Å². The predicted octanol–water partition coefficient (Wildman–Crippen LogP) is 5.03. The average Bonchev–Trinajstić information content (AvgIpc) is 1.97. The first-order valence-corrected chi connectivity index (χ1v) is 7.02. The van der Waals surface area contributed by atoms with Crippen molar-refractivity contribution < 1.29 is 5.11 Å². The van der Waals surface area contributed by atoms with Crippen molar-refractivity contribution in [3.8, 4) is 0 Å². The molecule has 0 aliphatic rings. The Morgan fingerprint density at radius 2 is 1.29 bits per heavy atom. The van der Waals surface area contributed by atoms with Crippen LogP contribution in [0.1, 0.15) is 81.1 Å². The van der Waals surface area contributed by atoms with Gasteiger partial charge in [0.2, 0.25) is 0 Å². The van der Waals surface area contributed by atoms with E-state index in [4.69, 9.17) is 0 Å². The molecule has 0 spiro atoms. The van der Waals surface area contributed by atoms with Crippen LogP contribution in [0.2, 0.25) is 0 Å². The van der Waals surface area contributed by atoms with Crippen LogP contribution in [-0.4, -0.2) is 11.2 Å².